The normalized spacial score (nSPS) is 10.2. The summed E-state index contributed by atoms with van der Waals surface area (Å²) < 4.78 is 5.72. The average molecular weight is 293 g/mol. The average Bonchev–Trinajstić information content (AvgIpc) is 2.86. The van der Waals surface area contributed by atoms with E-state index in [0.717, 1.165) is 15.2 Å². The zero-order valence-electron chi connectivity index (χ0n) is 11.0. The van der Waals surface area contributed by atoms with Gasteiger partial charge in [-0.05, 0) is 19.1 Å². The van der Waals surface area contributed by atoms with Crippen molar-refractivity contribution in [2.45, 2.75) is 19.8 Å². The first-order valence-corrected chi connectivity index (χ1v) is 7.06. The minimum absolute atomic E-state index is 0.256. The number of amides is 2. The Labute approximate surface area is 120 Å². The van der Waals surface area contributed by atoms with Crippen LogP contribution in [0, 0.1) is 0 Å². The fraction of sp³-hybridized carbons (Fsp3) is 0.308. The van der Waals surface area contributed by atoms with Crippen molar-refractivity contribution in [3.63, 3.8) is 0 Å². The lowest BCUT2D eigenvalue weighted by Crippen LogP contribution is -2.42. The number of hydrazine groups is 1. The second-order valence-electron chi connectivity index (χ2n) is 3.97. The lowest BCUT2D eigenvalue weighted by Gasteiger charge is -2.06. The maximum atomic E-state index is 11.5. The number of rotatable bonds is 4. The summed E-state index contributed by atoms with van der Waals surface area (Å²) in [7, 11) is 0. The van der Waals surface area contributed by atoms with Crippen LogP contribution in [0.1, 0.15) is 18.4 Å². The van der Waals surface area contributed by atoms with E-state index in [0.29, 0.717) is 6.42 Å². The van der Waals surface area contributed by atoms with Crippen molar-refractivity contribution in [2.75, 3.05) is 6.61 Å². The number of para-hydroxylation sites is 1. The standard InChI is InChI=1S/C13H15N3O3S/c1-2-19-13(18)16-15-11(17)7-8-12-14-9-5-3-4-6-10(9)20-12/h3-6H,2,7-8H2,1H3,(H,15,17)(H,16,18). The molecule has 2 N–H and O–H groups in total. The predicted molar refractivity (Wildman–Crippen MR) is 76.2 cm³/mol. The zero-order chi connectivity index (χ0) is 14.4. The van der Waals surface area contributed by atoms with Crippen LogP contribution in [0.2, 0.25) is 0 Å². The molecule has 0 spiro atoms. The molecule has 0 atom stereocenters. The molecule has 1 aromatic carbocycles. The van der Waals surface area contributed by atoms with Gasteiger partial charge in [0.05, 0.1) is 21.8 Å². The van der Waals surface area contributed by atoms with Crippen molar-refractivity contribution >= 4 is 33.6 Å². The first kappa shape index (κ1) is 14.3. The van der Waals surface area contributed by atoms with E-state index in [1.165, 1.54) is 0 Å². The lowest BCUT2D eigenvalue weighted by atomic mass is 10.3. The van der Waals surface area contributed by atoms with Gasteiger partial charge in [0.2, 0.25) is 5.91 Å². The minimum atomic E-state index is -0.666. The molecule has 0 aliphatic carbocycles. The van der Waals surface area contributed by atoms with Gasteiger partial charge in [-0.25, -0.2) is 15.2 Å². The van der Waals surface area contributed by atoms with Crippen LogP contribution in [0.15, 0.2) is 24.3 Å². The van der Waals surface area contributed by atoms with Crippen molar-refractivity contribution in [1.29, 1.82) is 0 Å². The number of hydrogen-bond acceptors (Lipinski definition) is 5. The van der Waals surface area contributed by atoms with Crippen molar-refractivity contribution in [3.8, 4) is 0 Å². The van der Waals surface area contributed by atoms with Gasteiger partial charge >= 0.3 is 6.09 Å². The molecular formula is C13H15N3O3S. The molecule has 20 heavy (non-hydrogen) atoms. The number of carbonyl (C=O) groups is 2. The fourth-order valence-electron chi connectivity index (χ4n) is 1.60. The number of nitrogens with one attached hydrogen (secondary N) is 2. The number of thiazole rings is 1. The van der Waals surface area contributed by atoms with E-state index in [1.807, 2.05) is 24.3 Å². The SMILES string of the molecule is CCOC(=O)NNC(=O)CCc1nc2ccccc2s1. The Hall–Kier alpha value is -2.15. The summed E-state index contributed by atoms with van der Waals surface area (Å²) in [5.41, 5.74) is 5.40. The molecule has 1 aromatic heterocycles. The highest BCUT2D eigenvalue weighted by atomic mass is 32.1. The second-order valence-corrected chi connectivity index (χ2v) is 5.08. The molecule has 0 fully saturated rings. The summed E-state index contributed by atoms with van der Waals surface area (Å²) in [4.78, 5) is 27.0. The molecule has 6 nitrogen and oxygen atoms in total. The van der Waals surface area contributed by atoms with Gasteiger partial charge in [0.1, 0.15) is 0 Å². The molecule has 2 rings (SSSR count). The van der Waals surface area contributed by atoms with E-state index >= 15 is 0 Å². The van der Waals surface area contributed by atoms with Crippen molar-refractivity contribution in [2.24, 2.45) is 0 Å². The summed E-state index contributed by atoms with van der Waals surface area (Å²) >= 11 is 1.57. The molecule has 2 amide bonds. The Morgan fingerprint density at radius 3 is 2.85 bits per heavy atom. The molecule has 0 bridgehead atoms. The van der Waals surface area contributed by atoms with E-state index in [9.17, 15) is 9.59 Å². The fourth-order valence-corrected chi connectivity index (χ4v) is 2.56. The first-order chi connectivity index (χ1) is 9.69. The van der Waals surface area contributed by atoms with Crippen LogP contribution >= 0.6 is 11.3 Å². The third-order valence-corrected chi connectivity index (χ3v) is 3.58. The van der Waals surface area contributed by atoms with Crippen LogP contribution in [-0.4, -0.2) is 23.6 Å². The molecule has 1 heterocycles. The van der Waals surface area contributed by atoms with Gasteiger partial charge < -0.3 is 4.74 Å². The maximum absolute atomic E-state index is 11.5. The van der Waals surface area contributed by atoms with Gasteiger partial charge in [-0.15, -0.1) is 11.3 Å². The quantitative estimate of drug-likeness (QED) is 0.845. The smallest absolute Gasteiger partial charge is 0.426 e. The molecule has 0 radical (unpaired) electrons. The van der Waals surface area contributed by atoms with E-state index in [1.54, 1.807) is 18.3 Å². The first-order valence-electron chi connectivity index (χ1n) is 6.25. The predicted octanol–water partition coefficient (Wildman–Crippen LogP) is 2.01. The van der Waals surface area contributed by atoms with Gasteiger partial charge in [-0.2, -0.15) is 0 Å². The van der Waals surface area contributed by atoms with Gasteiger partial charge in [0.25, 0.3) is 0 Å². The van der Waals surface area contributed by atoms with Crippen LogP contribution < -0.4 is 10.9 Å². The van der Waals surface area contributed by atoms with Crippen molar-refractivity contribution in [3.05, 3.63) is 29.3 Å². The van der Waals surface area contributed by atoms with Gasteiger partial charge in [0.15, 0.2) is 0 Å². The Kier molecular flexibility index (Phi) is 4.89. The number of nitrogens with zero attached hydrogens (tertiary/aromatic N) is 1. The highest BCUT2D eigenvalue weighted by molar-refractivity contribution is 7.18. The number of hydrogen-bond donors (Lipinski definition) is 2. The molecule has 106 valence electrons. The summed E-state index contributed by atoms with van der Waals surface area (Å²) in [6.07, 6.45) is 0.128. The van der Waals surface area contributed by atoms with Gasteiger partial charge in [0, 0.05) is 12.8 Å². The van der Waals surface area contributed by atoms with Crippen LogP contribution in [0.4, 0.5) is 4.79 Å². The summed E-state index contributed by atoms with van der Waals surface area (Å²) in [5.74, 6) is -0.280. The zero-order valence-corrected chi connectivity index (χ0v) is 11.8. The Balaban J connectivity index is 1.79. The lowest BCUT2D eigenvalue weighted by molar-refractivity contribution is -0.121. The third-order valence-electron chi connectivity index (χ3n) is 2.48. The molecule has 2 aromatic rings. The molecule has 0 unspecified atom stereocenters. The van der Waals surface area contributed by atoms with Crippen LogP contribution in [0.5, 0.6) is 0 Å². The largest absolute Gasteiger partial charge is 0.449 e. The summed E-state index contributed by atoms with van der Waals surface area (Å²) in [5, 5.41) is 0.900. The molecule has 0 saturated carbocycles. The molecule has 0 aliphatic rings. The number of benzene rings is 1. The highest BCUT2D eigenvalue weighted by Crippen LogP contribution is 2.22. The van der Waals surface area contributed by atoms with Crippen LogP contribution in [0.25, 0.3) is 10.2 Å². The Morgan fingerprint density at radius 2 is 2.10 bits per heavy atom. The minimum Gasteiger partial charge on any atom is -0.449 e. The summed E-state index contributed by atoms with van der Waals surface area (Å²) in [6.45, 7) is 1.95. The third kappa shape index (κ3) is 3.92. The number of aryl methyl sites for hydroxylation is 1. The summed E-state index contributed by atoms with van der Waals surface area (Å²) in [6, 6.07) is 7.83. The van der Waals surface area contributed by atoms with Crippen LogP contribution in [0.3, 0.4) is 0 Å². The van der Waals surface area contributed by atoms with Crippen molar-refractivity contribution in [1.82, 2.24) is 15.8 Å². The highest BCUT2D eigenvalue weighted by Gasteiger charge is 2.08. The van der Waals surface area contributed by atoms with E-state index in [-0.39, 0.29) is 18.9 Å². The number of carbonyl (C=O) groups excluding carboxylic acids is 2. The van der Waals surface area contributed by atoms with E-state index in [2.05, 4.69) is 20.6 Å². The molecular weight excluding hydrogens is 278 g/mol. The monoisotopic (exact) mass is 293 g/mol. The number of fused-ring (bicyclic) bond motifs is 1. The van der Waals surface area contributed by atoms with E-state index in [4.69, 9.17) is 0 Å². The van der Waals surface area contributed by atoms with Gasteiger partial charge in [-0.1, -0.05) is 12.1 Å². The molecule has 0 saturated heterocycles. The molecule has 7 heteroatoms. The maximum Gasteiger partial charge on any atom is 0.426 e. The second kappa shape index (κ2) is 6.85. The number of ether oxygens (including phenoxy) is 1. The van der Waals surface area contributed by atoms with Gasteiger partial charge in [-0.3, -0.25) is 10.2 Å². The molecule has 0 aliphatic heterocycles. The van der Waals surface area contributed by atoms with Crippen LogP contribution in [-0.2, 0) is 16.0 Å². The van der Waals surface area contributed by atoms with E-state index < -0.39 is 6.09 Å². The number of aromatic nitrogens is 1. The Morgan fingerprint density at radius 1 is 1.30 bits per heavy atom. The Bertz CT molecular complexity index is 579. The van der Waals surface area contributed by atoms with Crippen molar-refractivity contribution < 1.29 is 14.3 Å². The topological polar surface area (TPSA) is 80.3 Å².